The van der Waals surface area contributed by atoms with Crippen LogP contribution in [0.25, 0.3) is 0 Å². The molecule has 12 heavy (non-hydrogen) atoms. The van der Waals surface area contributed by atoms with E-state index in [2.05, 4.69) is 16.4 Å². The van der Waals surface area contributed by atoms with Gasteiger partial charge in [-0.3, -0.25) is 4.89 Å². The van der Waals surface area contributed by atoms with Gasteiger partial charge in [0.1, 0.15) is 6.26 Å². The normalized spacial score (nSPS) is 8.67. The van der Waals surface area contributed by atoms with Crippen LogP contribution in [0.5, 0.6) is 0 Å². The highest BCUT2D eigenvalue weighted by molar-refractivity contribution is 5.88. The molecule has 0 spiro atoms. The summed E-state index contributed by atoms with van der Waals surface area (Å²) >= 11 is 0. The molecule has 0 fully saturated rings. The summed E-state index contributed by atoms with van der Waals surface area (Å²) in [4.78, 5) is 19.6. The molecule has 0 aliphatic rings. The molecule has 1 rings (SSSR count). The summed E-state index contributed by atoms with van der Waals surface area (Å²) in [5, 5.41) is 0. The van der Waals surface area contributed by atoms with Crippen LogP contribution in [0.15, 0.2) is 43.2 Å². The summed E-state index contributed by atoms with van der Waals surface area (Å²) in [7, 11) is 0. The molecule has 0 saturated heterocycles. The number of hydrogen-bond donors (Lipinski definition) is 0. The number of hydrogen-bond acceptors (Lipinski definition) is 3. The maximum atomic E-state index is 11.0. The molecular weight excluding hydrogens is 156 g/mol. The van der Waals surface area contributed by atoms with Crippen LogP contribution >= 0.6 is 0 Å². The second-order valence-corrected chi connectivity index (χ2v) is 2.00. The fourth-order valence-electron chi connectivity index (χ4n) is 0.700. The first-order valence-electron chi connectivity index (χ1n) is 3.38. The third-order valence-corrected chi connectivity index (χ3v) is 1.20. The van der Waals surface area contributed by atoms with Crippen molar-refractivity contribution in [1.29, 1.82) is 0 Å². The van der Waals surface area contributed by atoms with E-state index in [1.807, 2.05) is 6.07 Å². The molecule has 3 nitrogen and oxygen atoms in total. The van der Waals surface area contributed by atoms with Crippen molar-refractivity contribution in [2.45, 2.75) is 0 Å². The Morgan fingerprint density at radius 3 is 2.58 bits per heavy atom. The van der Waals surface area contributed by atoms with Crippen LogP contribution in [-0.4, -0.2) is 5.97 Å². The lowest BCUT2D eigenvalue weighted by molar-refractivity contribution is -0.190. The summed E-state index contributed by atoms with van der Waals surface area (Å²) in [5.74, 6) is -0.532. The highest BCUT2D eigenvalue weighted by atomic mass is 17.2. The monoisotopic (exact) mass is 164 g/mol. The zero-order chi connectivity index (χ0) is 8.81. The number of carbonyl (C=O) groups is 1. The molecule has 0 aromatic heterocycles. The molecule has 1 aromatic carbocycles. The molecule has 0 atom stereocenters. The number of carbonyl (C=O) groups excluding carboxylic acids is 1. The highest BCUT2D eigenvalue weighted by Gasteiger charge is 2.05. The van der Waals surface area contributed by atoms with Crippen molar-refractivity contribution in [2.24, 2.45) is 0 Å². The van der Waals surface area contributed by atoms with E-state index >= 15 is 0 Å². The molecule has 0 unspecified atom stereocenters. The smallest absolute Gasteiger partial charge is 0.295 e. The van der Waals surface area contributed by atoms with E-state index in [-0.39, 0.29) is 0 Å². The molecule has 0 aliphatic carbocycles. The molecule has 3 heteroatoms. The fourth-order valence-corrected chi connectivity index (χ4v) is 0.700. The average Bonchev–Trinajstić information content (AvgIpc) is 2.15. The number of benzene rings is 1. The molecule has 0 radical (unpaired) electrons. The third kappa shape index (κ3) is 2.12. The van der Waals surface area contributed by atoms with Gasteiger partial charge in [-0.05, 0) is 12.1 Å². The lowest BCUT2D eigenvalue weighted by atomic mass is 10.2. The molecule has 0 aliphatic heterocycles. The van der Waals surface area contributed by atoms with Gasteiger partial charge >= 0.3 is 5.97 Å². The molecule has 0 bridgehead atoms. The fraction of sp³-hybridized carbons (Fsp3) is 0. The van der Waals surface area contributed by atoms with Crippen LogP contribution in [0.4, 0.5) is 0 Å². The Bertz CT molecular complexity index is 266. The Labute approximate surface area is 70.2 Å². The second-order valence-electron chi connectivity index (χ2n) is 2.00. The van der Waals surface area contributed by atoms with E-state index < -0.39 is 5.97 Å². The topological polar surface area (TPSA) is 35.5 Å². The zero-order valence-electron chi connectivity index (χ0n) is 6.40. The SMILES string of the molecule is C=COOC(=O)c1ccccc1. The van der Waals surface area contributed by atoms with Crippen LogP contribution in [0.3, 0.4) is 0 Å². The van der Waals surface area contributed by atoms with Gasteiger partial charge < -0.3 is 0 Å². The van der Waals surface area contributed by atoms with E-state index in [1.54, 1.807) is 24.3 Å². The van der Waals surface area contributed by atoms with Gasteiger partial charge in [-0.1, -0.05) is 24.8 Å². The average molecular weight is 164 g/mol. The van der Waals surface area contributed by atoms with E-state index in [0.717, 1.165) is 6.26 Å². The Hall–Kier alpha value is -1.77. The molecule has 62 valence electrons. The minimum atomic E-state index is -0.532. The van der Waals surface area contributed by atoms with Crippen molar-refractivity contribution < 1.29 is 14.6 Å². The summed E-state index contributed by atoms with van der Waals surface area (Å²) < 4.78 is 0. The Balaban J connectivity index is 2.59. The van der Waals surface area contributed by atoms with Crippen molar-refractivity contribution in [2.75, 3.05) is 0 Å². The van der Waals surface area contributed by atoms with Crippen LogP contribution in [0, 0.1) is 0 Å². The van der Waals surface area contributed by atoms with Gasteiger partial charge in [-0.2, -0.15) is 0 Å². The van der Waals surface area contributed by atoms with Crippen molar-refractivity contribution >= 4 is 5.97 Å². The summed E-state index contributed by atoms with van der Waals surface area (Å²) in [6.07, 6.45) is 1.04. The minimum Gasteiger partial charge on any atom is -0.295 e. The van der Waals surface area contributed by atoms with Gasteiger partial charge in [-0.25, -0.2) is 9.68 Å². The second kappa shape index (κ2) is 4.18. The lowest BCUT2D eigenvalue weighted by Crippen LogP contribution is -2.02. The molecule has 0 saturated carbocycles. The zero-order valence-corrected chi connectivity index (χ0v) is 6.40. The van der Waals surface area contributed by atoms with Gasteiger partial charge in [0.15, 0.2) is 0 Å². The first-order valence-corrected chi connectivity index (χ1v) is 3.38. The van der Waals surface area contributed by atoms with Crippen LogP contribution in [-0.2, 0) is 9.78 Å². The molecule has 0 N–H and O–H groups in total. The number of rotatable bonds is 3. The van der Waals surface area contributed by atoms with E-state index in [1.165, 1.54) is 0 Å². The van der Waals surface area contributed by atoms with Crippen LogP contribution < -0.4 is 0 Å². The van der Waals surface area contributed by atoms with E-state index in [9.17, 15) is 4.79 Å². The Kier molecular flexibility index (Phi) is 2.90. The largest absolute Gasteiger partial charge is 0.386 e. The quantitative estimate of drug-likeness (QED) is 0.389. The van der Waals surface area contributed by atoms with Gasteiger partial charge in [0.05, 0.1) is 5.56 Å². The van der Waals surface area contributed by atoms with Crippen molar-refractivity contribution in [3.05, 3.63) is 48.7 Å². The van der Waals surface area contributed by atoms with Gasteiger partial charge in [0.2, 0.25) is 0 Å². The molecule has 0 heterocycles. The summed E-state index contributed by atoms with van der Waals surface area (Å²) in [6.45, 7) is 3.23. The first-order chi connectivity index (χ1) is 5.84. The molecule has 0 amide bonds. The van der Waals surface area contributed by atoms with Crippen molar-refractivity contribution in [3.63, 3.8) is 0 Å². The Morgan fingerprint density at radius 1 is 1.33 bits per heavy atom. The molecule has 1 aromatic rings. The predicted octanol–water partition coefficient (Wildman–Crippen LogP) is 1.92. The van der Waals surface area contributed by atoms with Crippen molar-refractivity contribution in [1.82, 2.24) is 0 Å². The maximum Gasteiger partial charge on any atom is 0.386 e. The van der Waals surface area contributed by atoms with Crippen LogP contribution in [0.2, 0.25) is 0 Å². The highest BCUT2D eigenvalue weighted by Crippen LogP contribution is 2.00. The minimum absolute atomic E-state index is 0.444. The maximum absolute atomic E-state index is 11.0. The Morgan fingerprint density at radius 2 is 2.00 bits per heavy atom. The van der Waals surface area contributed by atoms with E-state index in [0.29, 0.717) is 5.56 Å². The summed E-state index contributed by atoms with van der Waals surface area (Å²) in [5.41, 5.74) is 0.444. The third-order valence-electron chi connectivity index (χ3n) is 1.20. The molecular formula is C9H8O3. The van der Waals surface area contributed by atoms with Crippen LogP contribution in [0.1, 0.15) is 10.4 Å². The summed E-state index contributed by atoms with van der Waals surface area (Å²) in [6, 6.07) is 8.56. The van der Waals surface area contributed by atoms with E-state index in [4.69, 9.17) is 0 Å². The predicted molar refractivity (Wildman–Crippen MR) is 43.1 cm³/mol. The van der Waals surface area contributed by atoms with Gasteiger partial charge in [0.25, 0.3) is 0 Å². The van der Waals surface area contributed by atoms with Gasteiger partial charge in [0, 0.05) is 0 Å². The first kappa shape index (κ1) is 8.33. The van der Waals surface area contributed by atoms with Gasteiger partial charge in [-0.15, -0.1) is 0 Å². The van der Waals surface area contributed by atoms with Crippen molar-refractivity contribution in [3.8, 4) is 0 Å². The lowest BCUT2D eigenvalue weighted by Gasteiger charge is -1.98. The standard InChI is InChI=1S/C9H8O3/c1-2-11-12-9(10)8-6-4-3-5-7-8/h2-7H,1H2.